The molecule has 0 radical (unpaired) electrons. The van der Waals surface area contributed by atoms with Crippen LogP contribution in [0.2, 0.25) is 0 Å². The van der Waals surface area contributed by atoms with Crippen LogP contribution in [0.25, 0.3) is 0 Å². The molecule has 0 amide bonds. The summed E-state index contributed by atoms with van der Waals surface area (Å²) in [5.41, 5.74) is 0. The van der Waals surface area contributed by atoms with E-state index in [-0.39, 0.29) is 0 Å². The van der Waals surface area contributed by atoms with E-state index < -0.39 is 8.67 Å². The third kappa shape index (κ3) is 22.3. The second-order valence-electron chi connectivity index (χ2n) is 4.13. The summed E-state index contributed by atoms with van der Waals surface area (Å²) in [5, 5.41) is 0. The summed E-state index contributed by atoms with van der Waals surface area (Å²) >= 11 is 9.69. The van der Waals surface area contributed by atoms with Crippen molar-refractivity contribution in [1.82, 2.24) is 0 Å². The van der Waals surface area contributed by atoms with Gasteiger partial charge in [0.05, 0.1) is 0 Å². The molecule has 0 aromatic carbocycles. The van der Waals surface area contributed by atoms with Gasteiger partial charge in [-0.3, -0.25) is 0 Å². The SMILES string of the molecule is C1CCOC1.C1CCOC1.C1CCOC1.[Br][Cr]([Br])[Br]. The standard InChI is InChI=1S/3C4H8O.3BrH.Cr/c3*1-2-4-5-3-1;;;;/h3*1-4H2;3*1H;/q;;;;;;+3/p-3. The molecule has 3 nitrogen and oxygen atoms in total. The molecule has 0 unspecified atom stereocenters. The van der Waals surface area contributed by atoms with Crippen molar-refractivity contribution in [3.63, 3.8) is 0 Å². The van der Waals surface area contributed by atoms with Crippen molar-refractivity contribution in [3.05, 3.63) is 0 Å². The molecule has 0 bridgehead atoms. The molecule has 3 aliphatic heterocycles. The molecule has 0 aliphatic carbocycles. The van der Waals surface area contributed by atoms with E-state index in [9.17, 15) is 0 Å². The van der Waals surface area contributed by atoms with Gasteiger partial charge in [0.25, 0.3) is 0 Å². The summed E-state index contributed by atoms with van der Waals surface area (Å²) in [7, 11) is -0.604. The fraction of sp³-hybridized carbons (Fsp3) is 1.00. The average Bonchev–Trinajstić information content (AvgIpc) is 3.18. The molecule has 3 rings (SSSR count). The molecular weight excluding hydrogens is 484 g/mol. The normalized spacial score (nSPS) is 20.8. The van der Waals surface area contributed by atoms with E-state index in [0.717, 1.165) is 39.6 Å². The van der Waals surface area contributed by atoms with Gasteiger partial charge in [-0.15, -0.1) is 0 Å². The first-order chi connectivity index (χ1) is 9.23. The molecule has 0 N–H and O–H groups in total. The minimum atomic E-state index is -0.604. The molecule has 0 spiro atoms. The monoisotopic (exact) mass is 505 g/mol. The summed E-state index contributed by atoms with van der Waals surface area (Å²) in [5.74, 6) is 0. The van der Waals surface area contributed by atoms with Crippen molar-refractivity contribution in [2.45, 2.75) is 38.5 Å². The Kier molecular flexibility index (Phi) is 19.6. The second kappa shape index (κ2) is 17.9. The number of halogens is 3. The first kappa shape index (κ1) is 20.9. The molecule has 3 saturated heterocycles. The van der Waals surface area contributed by atoms with Crippen LogP contribution in [-0.2, 0) is 22.9 Å². The molecule has 3 fully saturated rings. The predicted octanol–water partition coefficient (Wildman–Crippen LogP) is 4.92. The number of hydrogen-bond acceptors (Lipinski definition) is 3. The Morgan fingerprint density at radius 1 is 0.474 bits per heavy atom. The zero-order chi connectivity index (χ0) is 14.2. The molecule has 3 heterocycles. The van der Waals surface area contributed by atoms with E-state index in [4.69, 9.17) is 14.2 Å². The molecule has 19 heavy (non-hydrogen) atoms. The van der Waals surface area contributed by atoms with Crippen LogP contribution in [0.3, 0.4) is 0 Å². The van der Waals surface area contributed by atoms with Gasteiger partial charge in [-0.1, -0.05) is 0 Å². The Hall–Kier alpha value is 1.85. The summed E-state index contributed by atoms with van der Waals surface area (Å²) in [4.78, 5) is 0. The number of ether oxygens (including phenoxy) is 3. The van der Waals surface area contributed by atoms with Crippen LogP contribution >= 0.6 is 42.2 Å². The Balaban J connectivity index is 0.000000229. The van der Waals surface area contributed by atoms with E-state index in [1.807, 2.05) is 0 Å². The van der Waals surface area contributed by atoms with Gasteiger partial charge in [0.1, 0.15) is 0 Å². The van der Waals surface area contributed by atoms with Crippen molar-refractivity contribution in [1.29, 1.82) is 0 Å². The van der Waals surface area contributed by atoms with Crippen LogP contribution in [0, 0.1) is 0 Å². The maximum absolute atomic E-state index is 4.94. The van der Waals surface area contributed by atoms with Gasteiger partial charge in [0.2, 0.25) is 0 Å². The van der Waals surface area contributed by atoms with Gasteiger partial charge >= 0.3 is 50.8 Å². The molecule has 0 aromatic heterocycles. The van der Waals surface area contributed by atoms with Crippen molar-refractivity contribution in [2.24, 2.45) is 0 Å². The van der Waals surface area contributed by atoms with Crippen molar-refractivity contribution in [3.8, 4) is 0 Å². The van der Waals surface area contributed by atoms with Crippen molar-refractivity contribution < 1.29 is 22.9 Å². The first-order valence-electron chi connectivity index (χ1n) is 6.69. The van der Waals surface area contributed by atoms with Gasteiger partial charge in [-0.2, -0.15) is 0 Å². The molecule has 0 aromatic rings. The second-order valence-corrected chi connectivity index (χ2v) is 23.4. The topological polar surface area (TPSA) is 27.7 Å². The fourth-order valence-electron chi connectivity index (χ4n) is 1.53. The molecule has 7 heteroatoms. The van der Waals surface area contributed by atoms with E-state index in [0.29, 0.717) is 0 Å². The number of hydrogen-bond donors (Lipinski definition) is 0. The Morgan fingerprint density at radius 2 is 0.632 bits per heavy atom. The Labute approximate surface area is 142 Å². The van der Waals surface area contributed by atoms with Crippen molar-refractivity contribution >= 4 is 42.2 Å². The van der Waals surface area contributed by atoms with Gasteiger partial charge < -0.3 is 14.2 Å². The maximum atomic E-state index is 4.94. The predicted molar refractivity (Wildman–Crippen MR) is 86.9 cm³/mol. The molecule has 0 atom stereocenters. The zero-order valence-electron chi connectivity index (χ0n) is 11.3. The summed E-state index contributed by atoms with van der Waals surface area (Å²) in [6.45, 7) is 6.00. The molecule has 0 saturated carbocycles. The first-order valence-corrected chi connectivity index (χ1v) is 16.1. The summed E-state index contributed by atoms with van der Waals surface area (Å²) in [6.07, 6.45) is 7.67. The van der Waals surface area contributed by atoms with E-state index in [1.165, 1.54) is 38.5 Å². The van der Waals surface area contributed by atoms with E-state index in [1.54, 1.807) is 0 Å². The molecular formula is C12H24Br3CrO3. The van der Waals surface area contributed by atoms with Gasteiger partial charge in [0.15, 0.2) is 0 Å². The van der Waals surface area contributed by atoms with Crippen LogP contribution in [0.1, 0.15) is 38.5 Å². The van der Waals surface area contributed by atoms with Crippen molar-refractivity contribution in [2.75, 3.05) is 39.6 Å². The molecule has 3 aliphatic rings. The average molecular weight is 508 g/mol. The van der Waals surface area contributed by atoms with Crippen LogP contribution < -0.4 is 0 Å². The van der Waals surface area contributed by atoms with E-state index in [2.05, 4.69) is 42.2 Å². The quantitative estimate of drug-likeness (QED) is 0.465. The molecule has 117 valence electrons. The number of rotatable bonds is 0. The van der Waals surface area contributed by atoms with Gasteiger partial charge in [0, 0.05) is 39.6 Å². The van der Waals surface area contributed by atoms with Crippen LogP contribution in [0.4, 0.5) is 0 Å². The van der Waals surface area contributed by atoms with Crippen LogP contribution in [-0.4, -0.2) is 39.6 Å². The summed E-state index contributed by atoms with van der Waals surface area (Å²) in [6, 6.07) is 0. The Morgan fingerprint density at radius 3 is 0.684 bits per heavy atom. The summed E-state index contributed by atoms with van der Waals surface area (Å²) < 4.78 is 14.8. The fourth-order valence-corrected chi connectivity index (χ4v) is 1.53. The zero-order valence-corrected chi connectivity index (χ0v) is 17.3. The van der Waals surface area contributed by atoms with E-state index >= 15 is 0 Å². The third-order valence-electron chi connectivity index (χ3n) is 2.48. The Bertz CT molecular complexity index is 115. The van der Waals surface area contributed by atoms with Crippen LogP contribution in [0.15, 0.2) is 0 Å². The van der Waals surface area contributed by atoms with Crippen LogP contribution in [0.5, 0.6) is 0 Å². The van der Waals surface area contributed by atoms with Gasteiger partial charge in [-0.05, 0) is 38.5 Å². The third-order valence-corrected chi connectivity index (χ3v) is 2.48. The minimum absolute atomic E-state index is 0.604. The van der Waals surface area contributed by atoms with Gasteiger partial charge in [-0.25, -0.2) is 0 Å².